The van der Waals surface area contributed by atoms with Gasteiger partial charge in [0.25, 0.3) is 0 Å². The third kappa shape index (κ3) is 2.94. The number of fused-ring (bicyclic) bond motifs is 3. The summed E-state index contributed by atoms with van der Waals surface area (Å²) >= 11 is 0. The number of rotatable bonds is 4. The first kappa shape index (κ1) is 17.3. The predicted molar refractivity (Wildman–Crippen MR) is 103 cm³/mol. The summed E-state index contributed by atoms with van der Waals surface area (Å²) in [6, 6.07) is 9.20. The van der Waals surface area contributed by atoms with Gasteiger partial charge in [-0.3, -0.25) is 9.69 Å². The van der Waals surface area contributed by atoms with Gasteiger partial charge < -0.3 is 24.8 Å². The molecule has 5 rings (SSSR count). The van der Waals surface area contributed by atoms with Crippen LogP contribution in [0.5, 0.6) is 0 Å². The minimum Gasteiger partial charge on any atom is -0.466 e. The number of nitrogens with one attached hydrogen (secondary N) is 3. The Hall–Kier alpha value is -2.84. The van der Waals surface area contributed by atoms with Crippen molar-refractivity contribution in [2.24, 2.45) is 0 Å². The summed E-state index contributed by atoms with van der Waals surface area (Å²) in [5.41, 5.74) is 0.781. The van der Waals surface area contributed by atoms with E-state index in [0.717, 1.165) is 12.8 Å². The highest BCUT2D eigenvalue weighted by atomic mass is 16.4. The minimum atomic E-state index is -0.951. The molecular formula is C20H22N4O4. The number of H-pyrrole nitrogens is 2. The fraction of sp³-hybridized carbons (Fsp3) is 0.400. The van der Waals surface area contributed by atoms with Gasteiger partial charge in [0.1, 0.15) is 11.4 Å². The zero-order valence-corrected chi connectivity index (χ0v) is 15.3. The van der Waals surface area contributed by atoms with Crippen molar-refractivity contribution in [2.75, 3.05) is 11.9 Å². The summed E-state index contributed by atoms with van der Waals surface area (Å²) < 4.78 is 5.46. The summed E-state index contributed by atoms with van der Waals surface area (Å²) in [5.74, 6) is 0.514. The molecule has 3 aromatic rings. The van der Waals surface area contributed by atoms with E-state index in [1.54, 1.807) is 30.5 Å². The lowest BCUT2D eigenvalue weighted by atomic mass is 9.84. The number of piperidine rings is 1. The SMILES string of the molecule is O=C(CN1[C@@H]2CC[C@@H]1CC(O)(c1ccco1)C2)Nc1ccc2[nH]c(=O)[nH]c2c1. The molecule has 0 radical (unpaired) electrons. The molecule has 2 atom stereocenters. The van der Waals surface area contributed by atoms with Crippen molar-refractivity contribution >= 4 is 22.6 Å². The smallest absolute Gasteiger partial charge is 0.323 e. The number of aromatic amines is 2. The van der Waals surface area contributed by atoms with E-state index in [-0.39, 0.29) is 30.2 Å². The van der Waals surface area contributed by atoms with Gasteiger partial charge in [0, 0.05) is 17.8 Å². The van der Waals surface area contributed by atoms with E-state index in [0.29, 0.717) is 35.3 Å². The molecule has 1 amide bonds. The molecule has 2 bridgehead atoms. The second kappa shape index (κ2) is 6.35. The molecule has 2 aliphatic rings. The average Bonchev–Trinajstić information content (AvgIpc) is 3.35. The lowest BCUT2D eigenvalue weighted by Crippen LogP contribution is -2.51. The summed E-state index contributed by atoms with van der Waals surface area (Å²) in [5, 5.41) is 14.0. The lowest BCUT2D eigenvalue weighted by molar-refractivity contribution is -0.121. The Bertz CT molecular complexity index is 1050. The summed E-state index contributed by atoms with van der Waals surface area (Å²) in [4.78, 5) is 31.6. The Balaban J connectivity index is 1.27. The van der Waals surface area contributed by atoms with Crippen molar-refractivity contribution in [1.29, 1.82) is 0 Å². The first-order chi connectivity index (χ1) is 13.5. The highest BCUT2D eigenvalue weighted by Crippen LogP contribution is 2.45. The fourth-order valence-electron chi connectivity index (χ4n) is 4.80. The van der Waals surface area contributed by atoms with Crippen LogP contribution < -0.4 is 11.0 Å². The Morgan fingerprint density at radius 1 is 1.21 bits per heavy atom. The van der Waals surface area contributed by atoms with Crippen molar-refractivity contribution in [2.45, 2.75) is 43.4 Å². The van der Waals surface area contributed by atoms with Gasteiger partial charge in [0.15, 0.2) is 0 Å². The van der Waals surface area contributed by atoms with E-state index in [1.807, 2.05) is 6.07 Å². The van der Waals surface area contributed by atoms with E-state index >= 15 is 0 Å². The minimum absolute atomic E-state index is 0.0995. The lowest BCUT2D eigenvalue weighted by Gasteiger charge is -2.42. The number of furan rings is 1. The molecule has 0 saturated carbocycles. The fourth-order valence-corrected chi connectivity index (χ4v) is 4.80. The van der Waals surface area contributed by atoms with E-state index in [9.17, 15) is 14.7 Å². The Morgan fingerprint density at radius 3 is 2.68 bits per heavy atom. The second-order valence-electron chi connectivity index (χ2n) is 7.86. The van der Waals surface area contributed by atoms with Crippen LogP contribution in [0.4, 0.5) is 5.69 Å². The van der Waals surface area contributed by atoms with E-state index < -0.39 is 5.60 Å². The molecule has 146 valence electrons. The third-order valence-corrected chi connectivity index (χ3v) is 6.02. The van der Waals surface area contributed by atoms with Crippen molar-refractivity contribution in [1.82, 2.24) is 14.9 Å². The van der Waals surface area contributed by atoms with Crippen LogP contribution in [-0.2, 0) is 10.4 Å². The molecule has 2 aromatic heterocycles. The van der Waals surface area contributed by atoms with Gasteiger partial charge in [-0.25, -0.2) is 4.79 Å². The van der Waals surface area contributed by atoms with Crippen LogP contribution in [0.1, 0.15) is 31.4 Å². The highest BCUT2D eigenvalue weighted by molar-refractivity contribution is 5.94. The Kier molecular flexibility index (Phi) is 3.92. The maximum atomic E-state index is 12.6. The quantitative estimate of drug-likeness (QED) is 0.550. The molecule has 4 N–H and O–H groups in total. The number of benzene rings is 1. The van der Waals surface area contributed by atoms with Gasteiger partial charge in [0.2, 0.25) is 5.91 Å². The number of amides is 1. The Morgan fingerprint density at radius 2 is 1.96 bits per heavy atom. The van der Waals surface area contributed by atoms with Crippen molar-refractivity contribution in [3.05, 3.63) is 52.8 Å². The van der Waals surface area contributed by atoms with Crippen molar-refractivity contribution in [3.8, 4) is 0 Å². The summed E-state index contributed by atoms with van der Waals surface area (Å²) in [6.07, 6.45) is 4.67. The number of hydrogen-bond donors (Lipinski definition) is 4. The van der Waals surface area contributed by atoms with Crippen LogP contribution in [0.2, 0.25) is 0 Å². The average molecular weight is 382 g/mol. The number of carbonyl (C=O) groups is 1. The number of aliphatic hydroxyl groups is 1. The number of carbonyl (C=O) groups excluding carboxylic acids is 1. The molecule has 1 aromatic carbocycles. The van der Waals surface area contributed by atoms with Crippen molar-refractivity contribution in [3.63, 3.8) is 0 Å². The standard InChI is InChI=1S/C20H22N4O4/c25-18(21-12-3-6-15-16(8-12)23-19(26)22-15)11-24-13-4-5-14(24)10-20(27,9-13)17-2-1-7-28-17/h1-3,6-8,13-14,27H,4-5,9-11H2,(H,21,25)(H2,22,23,26)/t13-,14-/m1/s1. The molecule has 0 aliphatic carbocycles. The van der Waals surface area contributed by atoms with Gasteiger partial charge in [-0.05, 0) is 56.0 Å². The molecule has 2 fully saturated rings. The number of hydrogen-bond acceptors (Lipinski definition) is 5. The number of aromatic nitrogens is 2. The van der Waals surface area contributed by atoms with Crippen LogP contribution >= 0.6 is 0 Å². The first-order valence-electron chi connectivity index (χ1n) is 9.54. The van der Waals surface area contributed by atoms with Crippen LogP contribution in [0.15, 0.2) is 45.8 Å². The number of anilines is 1. The molecule has 2 aliphatic heterocycles. The predicted octanol–water partition coefficient (Wildman–Crippen LogP) is 1.90. The maximum absolute atomic E-state index is 12.6. The third-order valence-electron chi connectivity index (χ3n) is 6.02. The van der Waals surface area contributed by atoms with Crippen LogP contribution in [0.25, 0.3) is 11.0 Å². The van der Waals surface area contributed by atoms with Gasteiger partial charge in [0.05, 0.1) is 23.8 Å². The normalized spacial score (nSPS) is 27.3. The zero-order valence-electron chi connectivity index (χ0n) is 15.3. The molecule has 2 saturated heterocycles. The van der Waals surface area contributed by atoms with Crippen LogP contribution in [0.3, 0.4) is 0 Å². The summed E-state index contributed by atoms with van der Waals surface area (Å²) in [6.45, 7) is 0.283. The van der Waals surface area contributed by atoms with Crippen molar-refractivity contribution < 1.29 is 14.3 Å². The Labute approximate surface area is 160 Å². The van der Waals surface area contributed by atoms with E-state index in [1.165, 1.54) is 0 Å². The van der Waals surface area contributed by atoms with E-state index in [4.69, 9.17) is 4.42 Å². The first-order valence-corrected chi connectivity index (χ1v) is 9.54. The zero-order chi connectivity index (χ0) is 19.3. The van der Waals surface area contributed by atoms with Crippen LogP contribution in [0, 0.1) is 0 Å². The van der Waals surface area contributed by atoms with Gasteiger partial charge in [-0.1, -0.05) is 0 Å². The number of nitrogens with zero attached hydrogens (tertiary/aromatic N) is 1. The molecular weight excluding hydrogens is 360 g/mol. The summed E-state index contributed by atoms with van der Waals surface area (Å²) in [7, 11) is 0. The monoisotopic (exact) mass is 382 g/mol. The molecule has 28 heavy (non-hydrogen) atoms. The molecule has 8 nitrogen and oxygen atoms in total. The van der Waals surface area contributed by atoms with E-state index in [2.05, 4.69) is 20.2 Å². The molecule has 4 heterocycles. The number of imidazole rings is 1. The second-order valence-corrected chi connectivity index (χ2v) is 7.86. The van der Waals surface area contributed by atoms with Crippen LogP contribution in [-0.4, -0.2) is 44.5 Å². The molecule has 8 heteroatoms. The molecule has 0 unspecified atom stereocenters. The van der Waals surface area contributed by atoms with Gasteiger partial charge in [-0.2, -0.15) is 0 Å². The largest absolute Gasteiger partial charge is 0.466 e. The topological polar surface area (TPSA) is 114 Å². The highest BCUT2D eigenvalue weighted by Gasteiger charge is 2.49. The van der Waals surface area contributed by atoms with Gasteiger partial charge >= 0.3 is 5.69 Å². The maximum Gasteiger partial charge on any atom is 0.323 e. The van der Waals surface area contributed by atoms with Gasteiger partial charge in [-0.15, -0.1) is 0 Å². The molecule has 0 spiro atoms.